The molecule has 0 aliphatic heterocycles. The van der Waals surface area contributed by atoms with Crippen molar-refractivity contribution < 1.29 is 14.3 Å². The standard InChI is InChI=1S/C11H8BrNO3/c1-16-11(15)4-8-9(5-13)7(6-14)2-3-10(8)12/h2-3,6H,4H2,1H3. The number of nitrogens with zero attached hydrogens (tertiary/aromatic N) is 1. The summed E-state index contributed by atoms with van der Waals surface area (Å²) in [6.45, 7) is 0. The number of nitriles is 1. The number of ether oxygens (including phenoxy) is 1. The first-order valence-corrected chi connectivity index (χ1v) is 5.16. The molecule has 0 unspecified atom stereocenters. The van der Waals surface area contributed by atoms with Gasteiger partial charge in [0.2, 0.25) is 0 Å². The molecule has 0 saturated carbocycles. The number of methoxy groups -OCH3 is 1. The second kappa shape index (κ2) is 5.42. The van der Waals surface area contributed by atoms with Crippen molar-refractivity contribution in [3.05, 3.63) is 33.3 Å². The van der Waals surface area contributed by atoms with Gasteiger partial charge in [-0.3, -0.25) is 9.59 Å². The normalized spacial score (nSPS) is 9.31. The first-order valence-electron chi connectivity index (χ1n) is 4.37. The molecule has 0 spiro atoms. The molecule has 1 aromatic rings. The Morgan fingerprint density at radius 2 is 2.31 bits per heavy atom. The summed E-state index contributed by atoms with van der Waals surface area (Å²) in [5, 5.41) is 8.96. The second-order valence-corrected chi connectivity index (χ2v) is 3.83. The molecule has 0 aromatic heterocycles. The average Bonchev–Trinajstić information content (AvgIpc) is 2.31. The summed E-state index contributed by atoms with van der Waals surface area (Å²) in [7, 11) is 1.27. The molecule has 0 atom stereocenters. The molecule has 0 saturated heterocycles. The highest BCUT2D eigenvalue weighted by Gasteiger charge is 2.15. The van der Waals surface area contributed by atoms with Crippen LogP contribution in [-0.2, 0) is 16.0 Å². The predicted molar refractivity (Wildman–Crippen MR) is 60.0 cm³/mol. The van der Waals surface area contributed by atoms with Crippen molar-refractivity contribution >= 4 is 28.2 Å². The van der Waals surface area contributed by atoms with Gasteiger partial charge in [0, 0.05) is 10.0 Å². The molecule has 82 valence electrons. The van der Waals surface area contributed by atoms with Crippen LogP contribution in [0, 0.1) is 11.3 Å². The number of rotatable bonds is 3. The number of hydrogen-bond donors (Lipinski definition) is 0. The molecule has 1 rings (SSSR count). The van der Waals surface area contributed by atoms with Crippen molar-refractivity contribution in [3.8, 4) is 6.07 Å². The Hall–Kier alpha value is -1.67. The van der Waals surface area contributed by atoms with Crippen molar-refractivity contribution in [2.45, 2.75) is 6.42 Å². The SMILES string of the molecule is COC(=O)Cc1c(Br)ccc(C=O)c1C#N. The molecule has 4 nitrogen and oxygen atoms in total. The van der Waals surface area contributed by atoms with Crippen molar-refractivity contribution in [1.82, 2.24) is 0 Å². The van der Waals surface area contributed by atoms with E-state index in [1.807, 2.05) is 6.07 Å². The van der Waals surface area contributed by atoms with Crippen LogP contribution in [0.1, 0.15) is 21.5 Å². The van der Waals surface area contributed by atoms with Crippen molar-refractivity contribution in [2.24, 2.45) is 0 Å². The zero-order valence-electron chi connectivity index (χ0n) is 8.49. The molecule has 5 heteroatoms. The molecule has 0 N–H and O–H groups in total. The van der Waals surface area contributed by atoms with Crippen LogP contribution in [0.4, 0.5) is 0 Å². The Morgan fingerprint density at radius 1 is 1.62 bits per heavy atom. The van der Waals surface area contributed by atoms with Gasteiger partial charge in [0.05, 0.1) is 19.1 Å². The summed E-state index contributed by atoms with van der Waals surface area (Å²) >= 11 is 3.23. The van der Waals surface area contributed by atoms with E-state index < -0.39 is 5.97 Å². The molecular formula is C11H8BrNO3. The van der Waals surface area contributed by atoms with Crippen LogP contribution < -0.4 is 0 Å². The Kier molecular flexibility index (Phi) is 4.20. The van der Waals surface area contributed by atoms with E-state index in [1.54, 1.807) is 6.07 Å². The van der Waals surface area contributed by atoms with E-state index in [9.17, 15) is 9.59 Å². The lowest BCUT2D eigenvalue weighted by Crippen LogP contribution is -2.08. The lowest BCUT2D eigenvalue weighted by atomic mass is 10.0. The van der Waals surface area contributed by atoms with Gasteiger partial charge in [-0.15, -0.1) is 0 Å². The topological polar surface area (TPSA) is 67.2 Å². The van der Waals surface area contributed by atoms with E-state index in [2.05, 4.69) is 20.7 Å². The van der Waals surface area contributed by atoms with Gasteiger partial charge in [-0.2, -0.15) is 5.26 Å². The molecule has 0 radical (unpaired) electrons. The van der Waals surface area contributed by atoms with E-state index in [1.165, 1.54) is 13.2 Å². The Labute approximate surface area is 101 Å². The zero-order chi connectivity index (χ0) is 12.1. The van der Waals surface area contributed by atoms with Gasteiger partial charge in [0.25, 0.3) is 0 Å². The van der Waals surface area contributed by atoms with Crippen LogP contribution >= 0.6 is 15.9 Å². The van der Waals surface area contributed by atoms with Crippen LogP contribution in [0.15, 0.2) is 16.6 Å². The van der Waals surface area contributed by atoms with E-state index in [0.29, 0.717) is 16.3 Å². The third kappa shape index (κ3) is 2.47. The highest BCUT2D eigenvalue weighted by atomic mass is 79.9. The Balaban J connectivity index is 3.30. The number of aldehydes is 1. The minimum atomic E-state index is -0.458. The molecule has 0 aliphatic rings. The van der Waals surface area contributed by atoms with Crippen molar-refractivity contribution in [3.63, 3.8) is 0 Å². The molecule has 0 amide bonds. The van der Waals surface area contributed by atoms with Gasteiger partial charge < -0.3 is 4.74 Å². The van der Waals surface area contributed by atoms with Gasteiger partial charge in [-0.25, -0.2) is 0 Å². The Morgan fingerprint density at radius 3 is 2.81 bits per heavy atom. The predicted octanol–water partition coefficient (Wildman–Crippen LogP) is 1.85. The van der Waals surface area contributed by atoms with Crippen LogP contribution in [0.5, 0.6) is 0 Å². The number of hydrogen-bond acceptors (Lipinski definition) is 4. The van der Waals surface area contributed by atoms with E-state index in [4.69, 9.17) is 5.26 Å². The summed E-state index contributed by atoms with van der Waals surface area (Å²) in [6.07, 6.45) is 0.549. The smallest absolute Gasteiger partial charge is 0.310 e. The van der Waals surface area contributed by atoms with Gasteiger partial charge >= 0.3 is 5.97 Å². The fourth-order valence-electron chi connectivity index (χ4n) is 1.26. The third-order valence-electron chi connectivity index (χ3n) is 2.08. The molecule has 0 heterocycles. The molecule has 0 aliphatic carbocycles. The molecule has 0 fully saturated rings. The molecule has 0 bridgehead atoms. The maximum absolute atomic E-state index is 11.2. The number of carbonyl (C=O) groups excluding carboxylic acids is 2. The van der Waals surface area contributed by atoms with Crippen LogP contribution in [0.25, 0.3) is 0 Å². The summed E-state index contributed by atoms with van der Waals surface area (Å²) in [4.78, 5) is 21.9. The van der Waals surface area contributed by atoms with E-state index in [-0.39, 0.29) is 17.5 Å². The minimum absolute atomic E-state index is 0.0400. The maximum atomic E-state index is 11.2. The highest BCUT2D eigenvalue weighted by molar-refractivity contribution is 9.10. The fraction of sp³-hybridized carbons (Fsp3) is 0.182. The maximum Gasteiger partial charge on any atom is 0.310 e. The van der Waals surface area contributed by atoms with Gasteiger partial charge in [0.15, 0.2) is 6.29 Å². The molecular weight excluding hydrogens is 274 g/mol. The van der Waals surface area contributed by atoms with Crippen LogP contribution in [0.2, 0.25) is 0 Å². The quantitative estimate of drug-likeness (QED) is 0.626. The summed E-state index contributed by atoms with van der Waals surface area (Å²) in [5.74, 6) is -0.458. The summed E-state index contributed by atoms with van der Waals surface area (Å²) < 4.78 is 5.14. The summed E-state index contributed by atoms with van der Waals surface area (Å²) in [5.41, 5.74) is 0.943. The van der Waals surface area contributed by atoms with E-state index >= 15 is 0 Å². The molecule has 16 heavy (non-hydrogen) atoms. The summed E-state index contributed by atoms with van der Waals surface area (Å²) in [6, 6.07) is 5.07. The second-order valence-electron chi connectivity index (χ2n) is 2.97. The van der Waals surface area contributed by atoms with Gasteiger partial charge in [-0.1, -0.05) is 15.9 Å². The lowest BCUT2D eigenvalue weighted by Gasteiger charge is -2.07. The first-order chi connectivity index (χ1) is 7.63. The molecule has 1 aromatic carbocycles. The minimum Gasteiger partial charge on any atom is -0.469 e. The van der Waals surface area contributed by atoms with Gasteiger partial charge in [0.1, 0.15) is 6.07 Å². The first kappa shape index (κ1) is 12.4. The van der Waals surface area contributed by atoms with Gasteiger partial charge in [-0.05, 0) is 17.7 Å². The zero-order valence-corrected chi connectivity index (χ0v) is 10.1. The van der Waals surface area contributed by atoms with Crippen molar-refractivity contribution in [1.29, 1.82) is 5.26 Å². The fourth-order valence-corrected chi connectivity index (χ4v) is 1.73. The van der Waals surface area contributed by atoms with E-state index in [0.717, 1.165) is 0 Å². The van der Waals surface area contributed by atoms with Crippen molar-refractivity contribution in [2.75, 3.05) is 7.11 Å². The third-order valence-corrected chi connectivity index (χ3v) is 2.82. The largest absolute Gasteiger partial charge is 0.469 e. The highest BCUT2D eigenvalue weighted by Crippen LogP contribution is 2.23. The Bertz CT molecular complexity index is 477. The van der Waals surface area contributed by atoms with Crippen LogP contribution in [0.3, 0.4) is 0 Å². The monoisotopic (exact) mass is 281 g/mol. The number of carbonyl (C=O) groups is 2. The lowest BCUT2D eigenvalue weighted by molar-refractivity contribution is -0.139. The average molecular weight is 282 g/mol. The number of benzene rings is 1. The number of esters is 1. The number of halogens is 1. The van der Waals surface area contributed by atoms with Crippen LogP contribution in [-0.4, -0.2) is 19.4 Å².